The smallest absolute Gasteiger partial charge is 0.309 e. The van der Waals surface area contributed by atoms with E-state index in [2.05, 4.69) is 20.8 Å². The van der Waals surface area contributed by atoms with Crippen LogP contribution in [0.5, 0.6) is 0 Å². The molecule has 0 saturated carbocycles. The third-order valence-electron chi connectivity index (χ3n) is 3.86. The Balaban J connectivity index is 3.87. The lowest BCUT2D eigenvalue weighted by Crippen LogP contribution is -2.03. The van der Waals surface area contributed by atoms with E-state index in [9.17, 15) is 4.57 Å². The Kier molecular flexibility index (Phi) is 16.1. The highest BCUT2D eigenvalue weighted by Gasteiger charge is 2.23. The highest BCUT2D eigenvalue weighted by molar-refractivity contribution is 7.53. The van der Waals surface area contributed by atoms with Crippen molar-refractivity contribution in [3.05, 3.63) is 0 Å². The van der Waals surface area contributed by atoms with E-state index in [1.165, 1.54) is 51.4 Å². The molecule has 22 heavy (non-hydrogen) atoms. The molecular formula is C18H39O3P. The molecule has 0 aliphatic heterocycles. The lowest BCUT2D eigenvalue weighted by atomic mass is 10.2. The summed E-state index contributed by atoms with van der Waals surface area (Å²) in [6, 6.07) is 0. The topological polar surface area (TPSA) is 35.5 Å². The average Bonchev–Trinajstić information content (AvgIpc) is 2.52. The second-order valence-electron chi connectivity index (χ2n) is 6.18. The summed E-state index contributed by atoms with van der Waals surface area (Å²) in [7, 11) is -2.85. The number of hydrogen-bond donors (Lipinski definition) is 0. The molecule has 0 amide bonds. The van der Waals surface area contributed by atoms with Gasteiger partial charge in [0.15, 0.2) is 0 Å². The van der Waals surface area contributed by atoms with Gasteiger partial charge < -0.3 is 9.05 Å². The van der Waals surface area contributed by atoms with Gasteiger partial charge in [0.2, 0.25) is 0 Å². The van der Waals surface area contributed by atoms with E-state index in [-0.39, 0.29) is 0 Å². The molecule has 0 aromatic carbocycles. The summed E-state index contributed by atoms with van der Waals surface area (Å²) in [4.78, 5) is 0. The molecule has 0 fully saturated rings. The van der Waals surface area contributed by atoms with Crippen LogP contribution >= 0.6 is 7.60 Å². The molecule has 0 aliphatic rings. The van der Waals surface area contributed by atoms with Crippen molar-refractivity contribution in [3.8, 4) is 0 Å². The molecule has 0 spiro atoms. The molecule has 0 radical (unpaired) electrons. The van der Waals surface area contributed by atoms with Crippen LogP contribution in [0.4, 0.5) is 0 Å². The Morgan fingerprint density at radius 3 is 1.41 bits per heavy atom. The predicted molar refractivity (Wildman–Crippen MR) is 96.8 cm³/mol. The van der Waals surface area contributed by atoms with Gasteiger partial charge in [-0.1, -0.05) is 78.6 Å². The summed E-state index contributed by atoms with van der Waals surface area (Å²) in [6.07, 6.45) is 14.4. The summed E-state index contributed by atoms with van der Waals surface area (Å²) in [5.41, 5.74) is 0. The van der Waals surface area contributed by atoms with E-state index >= 15 is 0 Å². The standard InChI is InChI=1S/C18H39O3P/c1-4-7-10-12-14-16-20-22(19,18-9-6-3)21-17-15-13-11-8-5-2/h4-18H2,1-3H3. The Morgan fingerprint density at radius 1 is 0.591 bits per heavy atom. The van der Waals surface area contributed by atoms with Crippen LogP contribution in [0.1, 0.15) is 97.8 Å². The molecule has 134 valence electrons. The maximum absolute atomic E-state index is 12.7. The van der Waals surface area contributed by atoms with Crippen molar-refractivity contribution in [1.29, 1.82) is 0 Å². The van der Waals surface area contributed by atoms with E-state index < -0.39 is 7.60 Å². The second kappa shape index (κ2) is 16.0. The molecule has 0 unspecified atom stereocenters. The quantitative estimate of drug-likeness (QED) is 0.213. The van der Waals surface area contributed by atoms with E-state index in [0.717, 1.165) is 25.7 Å². The molecule has 0 aromatic heterocycles. The van der Waals surface area contributed by atoms with Crippen molar-refractivity contribution in [1.82, 2.24) is 0 Å². The van der Waals surface area contributed by atoms with Crippen LogP contribution in [0.2, 0.25) is 0 Å². The number of hydrogen-bond acceptors (Lipinski definition) is 3. The van der Waals surface area contributed by atoms with Gasteiger partial charge in [-0.25, -0.2) is 0 Å². The Morgan fingerprint density at radius 2 is 1.00 bits per heavy atom. The van der Waals surface area contributed by atoms with E-state index in [4.69, 9.17) is 9.05 Å². The van der Waals surface area contributed by atoms with Gasteiger partial charge in [0.1, 0.15) is 0 Å². The van der Waals surface area contributed by atoms with Crippen LogP contribution in [-0.4, -0.2) is 19.4 Å². The fraction of sp³-hybridized carbons (Fsp3) is 1.00. The maximum Gasteiger partial charge on any atom is 0.330 e. The normalized spacial score (nSPS) is 12.0. The molecule has 0 heterocycles. The lowest BCUT2D eigenvalue weighted by molar-refractivity contribution is 0.197. The minimum Gasteiger partial charge on any atom is -0.309 e. The minimum absolute atomic E-state index is 0.577. The van der Waals surface area contributed by atoms with Gasteiger partial charge in [0.05, 0.1) is 19.4 Å². The first-order valence-electron chi connectivity index (χ1n) is 9.56. The molecule has 0 saturated heterocycles. The summed E-state index contributed by atoms with van der Waals surface area (Å²) in [6.45, 7) is 7.70. The molecule has 3 nitrogen and oxygen atoms in total. The summed E-state index contributed by atoms with van der Waals surface area (Å²) < 4.78 is 24.1. The van der Waals surface area contributed by atoms with Crippen molar-refractivity contribution in [2.24, 2.45) is 0 Å². The van der Waals surface area contributed by atoms with Crippen LogP contribution in [0.3, 0.4) is 0 Å². The summed E-state index contributed by atoms with van der Waals surface area (Å²) in [5, 5.41) is 0. The Bertz CT molecular complexity index is 249. The van der Waals surface area contributed by atoms with Gasteiger partial charge in [-0.2, -0.15) is 0 Å². The Hall–Kier alpha value is 0.150. The molecule has 0 bridgehead atoms. The molecule has 4 heteroatoms. The van der Waals surface area contributed by atoms with Crippen LogP contribution < -0.4 is 0 Å². The highest BCUT2D eigenvalue weighted by Crippen LogP contribution is 2.49. The molecule has 0 aromatic rings. The lowest BCUT2D eigenvalue weighted by Gasteiger charge is -2.18. The van der Waals surface area contributed by atoms with Crippen LogP contribution in [0.25, 0.3) is 0 Å². The Labute approximate surface area is 139 Å². The zero-order valence-corrected chi connectivity index (χ0v) is 16.2. The maximum atomic E-state index is 12.7. The molecule has 0 N–H and O–H groups in total. The van der Waals surface area contributed by atoms with Gasteiger partial charge in [0, 0.05) is 0 Å². The monoisotopic (exact) mass is 334 g/mol. The summed E-state index contributed by atoms with van der Waals surface area (Å²) in [5.74, 6) is 0. The zero-order valence-electron chi connectivity index (χ0n) is 15.3. The van der Waals surface area contributed by atoms with Crippen molar-refractivity contribution in [2.45, 2.75) is 97.8 Å². The van der Waals surface area contributed by atoms with Crippen LogP contribution in [-0.2, 0) is 13.6 Å². The fourth-order valence-electron chi connectivity index (χ4n) is 2.34. The largest absolute Gasteiger partial charge is 0.330 e. The molecule has 0 rings (SSSR count). The van der Waals surface area contributed by atoms with Crippen LogP contribution in [0, 0.1) is 0 Å². The third kappa shape index (κ3) is 13.8. The van der Waals surface area contributed by atoms with Crippen molar-refractivity contribution in [2.75, 3.05) is 19.4 Å². The van der Waals surface area contributed by atoms with Crippen LogP contribution in [0.15, 0.2) is 0 Å². The molecular weight excluding hydrogens is 295 g/mol. The SMILES string of the molecule is CCCCCCCOP(=O)(CCCC)OCCCCCCC. The molecule has 0 atom stereocenters. The van der Waals surface area contributed by atoms with Gasteiger partial charge in [-0.05, 0) is 19.3 Å². The van der Waals surface area contributed by atoms with Crippen molar-refractivity contribution < 1.29 is 13.6 Å². The molecule has 0 aliphatic carbocycles. The minimum atomic E-state index is -2.85. The zero-order chi connectivity index (χ0) is 16.5. The van der Waals surface area contributed by atoms with Gasteiger partial charge in [0.25, 0.3) is 0 Å². The predicted octanol–water partition coefficient (Wildman–Crippen LogP) is 6.95. The first-order valence-corrected chi connectivity index (χ1v) is 11.3. The number of rotatable bonds is 17. The first-order chi connectivity index (χ1) is 10.7. The van der Waals surface area contributed by atoms with Gasteiger partial charge in [-0.15, -0.1) is 0 Å². The van der Waals surface area contributed by atoms with Gasteiger partial charge in [-0.3, -0.25) is 4.57 Å². The first kappa shape index (κ1) is 22.1. The van der Waals surface area contributed by atoms with Gasteiger partial charge >= 0.3 is 7.60 Å². The highest BCUT2D eigenvalue weighted by atomic mass is 31.2. The average molecular weight is 334 g/mol. The summed E-state index contributed by atoms with van der Waals surface area (Å²) >= 11 is 0. The second-order valence-corrected chi connectivity index (χ2v) is 8.37. The van der Waals surface area contributed by atoms with E-state index in [1.54, 1.807) is 0 Å². The van der Waals surface area contributed by atoms with E-state index in [1.807, 2.05) is 0 Å². The van der Waals surface area contributed by atoms with Crippen molar-refractivity contribution >= 4 is 7.60 Å². The third-order valence-corrected chi connectivity index (χ3v) is 5.87. The van der Waals surface area contributed by atoms with E-state index in [0.29, 0.717) is 19.4 Å². The number of unbranched alkanes of at least 4 members (excludes halogenated alkanes) is 9. The van der Waals surface area contributed by atoms with Crippen molar-refractivity contribution in [3.63, 3.8) is 0 Å². The fourth-order valence-corrected chi connectivity index (χ4v) is 4.19.